The predicted octanol–water partition coefficient (Wildman–Crippen LogP) is 2.51. The standard InChI is InChI=1S/C15H22BrN3O/c1-11(10-12-2-4-13(16)5-3-12)18-14-6-8-19(9-7-14)15(17)20/h2-5,11,14,18H,6-10H2,1H3,(H2,17,20). The number of primary amides is 1. The molecule has 0 radical (unpaired) electrons. The molecule has 0 aromatic heterocycles. The molecule has 20 heavy (non-hydrogen) atoms. The Kier molecular flexibility index (Phi) is 5.43. The SMILES string of the molecule is CC(Cc1ccc(Br)cc1)NC1CCN(C(N)=O)CC1. The molecule has 1 aliphatic heterocycles. The zero-order chi connectivity index (χ0) is 14.5. The second-order valence-corrected chi connectivity index (χ2v) is 6.41. The Morgan fingerprint density at radius 1 is 1.40 bits per heavy atom. The van der Waals surface area contributed by atoms with Gasteiger partial charge in [-0.1, -0.05) is 28.1 Å². The van der Waals surface area contributed by atoms with Crippen molar-refractivity contribution in [2.45, 2.75) is 38.3 Å². The summed E-state index contributed by atoms with van der Waals surface area (Å²) in [4.78, 5) is 12.8. The van der Waals surface area contributed by atoms with E-state index in [-0.39, 0.29) is 6.03 Å². The zero-order valence-corrected chi connectivity index (χ0v) is 13.4. The Balaban J connectivity index is 1.76. The van der Waals surface area contributed by atoms with E-state index in [2.05, 4.69) is 52.4 Å². The van der Waals surface area contributed by atoms with Gasteiger partial charge in [0, 0.05) is 29.6 Å². The van der Waals surface area contributed by atoms with Crippen LogP contribution in [0.1, 0.15) is 25.3 Å². The number of halogens is 1. The molecular formula is C15H22BrN3O. The molecule has 110 valence electrons. The molecule has 0 saturated carbocycles. The minimum absolute atomic E-state index is 0.300. The van der Waals surface area contributed by atoms with Crippen LogP contribution in [0.3, 0.4) is 0 Å². The monoisotopic (exact) mass is 339 g/mol. The fourth-order valence-electron chi connectivity index (χ4n) is 2.70. The Hall–Kier alpha value is -1.07. The Labute approximate surface area is 128 Å². The first-order valence-electron chi connectivity index (χ1n) is 7.09. The van der Waals surface area contributed by atoms with Gasteiger partial charge in [-0.15, -0.1) is 0 Å². The molecule has 0 spiro atoms. The second kappa shape index (κ2) is 7.09. The first-order chi connectivity index (χ1) is 9.54. The van der Waals surface area contributed by atoms with Gasteiger partial charge in [-0.25, -0.2) is 4.79 Å². The van der Waals surface area contributed by atoms with Crippen molar-refractivity contribution in [3.8, 4) is 0 Å². The van der Waals surface area contributed by atoms with Crippen LogP contribution < -0.4 is 11.1 Å². The van der Waals surface area contributed by atoms with Crippen LogP contribution in [0.4, 0.5) is 4.79 Å². The summed E-state index contributed by atoms with van der Waals surface area (Å²) in [6.07, 6.45) is 2.98. The largest absolute Gasteiger partial charge is 0.351 e. The van der Waals surface area contributed by atoms with Crippen LogP contribution in [0.2, 0.25) is 0 Å². The lowest BCUT2D eigenvalue weighted by atomic mass is 10.0. The number of carbonyl (C=O) groups is 1. The highest BCUT2D eigenvalue weighted by molar-refractivity contribution is 9.10. The van der Waals surface area contributed by atoms with Crippen LogP contribution in [0.15, 0.2) is 28.7 Å². The molecule has 0 bridgehead atoms. The summed E-state index contributed by atoms with van der Waals surface area (Å²) >= 11 is 3.45. The molecule has 2 rings (SSSR count). The topological polar surface area (TPSA) is 58.4 Å². The van der Waals surface area contributed by atoms with E-state index in [4.69, 9.17) is 5.73 Å². The zero-order valence-electron chi connectivity index (χ0n) is 11.8. The van der Waals surface area contributed by atoms with E-state index in [0.29, 0.717) is 12.1 Å². The third-order valence-electron chi connectivity index (χ3n) is 3.78. The average Bonchev–Trinajstić information content (AvgIpc) is 2.42. The van der Waals surface area contributed by atoms with Gasteiger partial charge in [0.05, 0.1) is 0 Å². The quantitative estimate of drug-likeness (QED) is 0.885. The first kappa shape index (κ1) is 15.3. The third kappa shape index (κ3) is 4.49. The third-order valence-corrected chi connectivity index (χ3v) is 4.31. The fraction of sp³-hybridized carbons (Fsp3) is 0.533. The van der Waals surface area contributed by atoms with Crippen molar-refractivity contribution in [1.82, 2.24) is 10.2 Å². The Morgan fingerprint density at radius 3 is 2.55 bits per heavy atom. The van der Waals surface area contributed by atoms with Gasteiger partial charge in [0.2, 0.25) is 0 Å². The minimum Gasteiger partial charge on any atom is -0.351 e. The summed E-state index contributed by atoms with van der Waals surface area (Å²) in [6.45, 7) is 3.73. The second-order valence-electron chi connectivity index (χ2n) is 5.50. The van der Waals surface area contributed by atoms with Crippen LogP contribution in [0.5, 0.6) is 0 Å². The maximum absolute atomic E-state index is 11.1. The molecule has 1 saturated heterocycles. The summed E-state index contributed by atoms with van der Waals surface area (Å²) in [5.41, 5.74) is 6.63. The number of hydrogen-bond donors (Lipinski definition) is 2. The number of piperidine rings is 1. The number of likely N-dealkylation sites (tertiary alicyclic amines) is 1. The number of rotatable bonds is 4. The smallest absolute Gasteiger partial charge is 0.314 e. The number of nitrogens with one attached hydrogen (secondary N) is 1. The normalized spacial score (nSPS) is 18.0. The van der Waals surface area contributed by atoms with Crippen LogP contribution >= 0.6 is 15.9 Å². The van der Waals surface area contributed by atoms with E-state index in [9.17, 15) is 4.79 Å². The molecule has 1 aromatic carbocycles. The van der Waals surface area contributed by atoms with Crippen molar-refractivity contribution in [3.05, 3.63) is 34.3 Å². The molecule has 5 heteroatoms. The molecule has 0 aliphatic carbocycles. The molecule has 1 heterocycles. The van der Waals surface area contributed by atoms with Crippen molar-refractivity contribution in [1.29, 1.82) is 0 Å². The van der Waals surface area contributed by atoms with Gasteiger partial charge < -0.3 is 16.0 Å². The lowest BCUT2D eigenvalue weighted by Crippen LogP contribution is -2.48. The number of benzene rings is 1. The predicted molar refractivity (Wildman–Crippen MR) is 84.6 cm³/mol. The van der Waals surface area contributed by atoms with Gasteiger partial charge in [-0.2, -0.15) is 0 Å². The minimum atomic E-state index is -0.300. The summed E-state index contributed by atoms with van der Waals surface area (Å²) in [7, 11) is 0. The number of hydrogen-bond acceptors (Lipinski definition) is 2. The van der Waals surface area contributed by atoms with E-state index < -0.39 is 0 Å². The van der Waals surface area contributed by atoms with Gasteiger partial charge in [0.15, 0.2) is 0 Å². The van der Waals surface area contributed by atoms with Gasteiger partial charge in [-0.05, 0) is 43.9 Å². The lowest BCUT2D eigenvalue weighted by molar-refractivity contribution is 0.183. The van der Waals surface area contributed by atoms with E-state index in [1.54, 1.807) is 4.90 Å². The molecule has 1 aromatic rings. The number of nitrogens with two attached hydrogens (primary N) is 1. The van der Waals surface area contributed by atoms with Gasteiger partial charge >= 0.3 is 6.03 Å². The van der Waals surface area contributed by atoms with Crippen LogP contribution in [-0.4, -0.2) is 36.1 Å². The highest BCUT2D eigenvalue weighted by atomic mass is 79.9. The van der Waals surface area contributed by atoms with Crippen molar-refractivity contribution < 1.29 is 4.79 Å². The van der Waals surface area contributed by atoms with Crippen molar-refractivity contribution in [2.24, 2.45) is 5.73 Å². The average molecular weight is 340 g/mol. The molecule has 4 nitrogen and oxygen atoms in total. The molecule has 2 amide bonds. The number of amides is 2. The van der Waals surface area contributed by atoms with Crippen molar-refractivity contribution in [2.75, 3.05) is 13.1 Å². The summed E-state index contributed by atoms with van der Waals surface area (Å²) in [5, 5.41) is 3.65. The molecule has 1 aliphatic rings. The Bertz CT molecular complexity index is 441. The van der Waals surface area contributed by atoms with Crippen LogP contribution in [-0.2, 0) is 6.42 Å². The van der Waals surface area contributed by atoms with Crippen molar-refractivity contribution in [3.63, 3.8) is 0 Å². The highest BCUT2D eigenvalue weighted by Crippen LogP contribution is 2.14. The number of urea groups is 1. The lowest BCUT2D eigenvalue weighted by Gasteiger charge is -2.33. The molecule has 1 atom stereocenters. The summed E-state index contributed by atoms with van der Waals surface area (Å²) < 4.78 is 1.11. The van der Waals surface area contributed by atoms with E-state index in [1.807, 2.05) is 0 Å². The van der Waals surface area contributed by atoms with Crippen LogP contribution in [0, 0.1) is 0 Å². The molecule has 1 unspecified atom stereocenters. The van der Waals surface area contributed by atoms with Gasteiger partial charge in [0.25, 0.3) is 0 Å². The highest BCUT2D eigenvalue weighted by Gasteiger charge is 2.22. The van der Waals surface area contributed by atoms with E-state index >= 15 is 0 Å². The van der Waals surface area contributed by atoms with E-state index in [1.165, 1.54) is 5.56 Å². The fourth-order valence-corrected chi connectivity index (χ4v) is 2.97. The maximum atomic E-state index is 11.1. The number of nitrogens with zero attached hydrogens (tertiary/aromatic N) is 1. The van der Waals surface area contributed by atoms with Crippen LogP contribution in [0.25, 0.3) is 0 Å². The number of carbonyl (C=O) groups excluding carboxylic acids is 1. The maximum Gasteiger partial charge on any atom is 0.314 e. The molecule has 3 N–H and O–H groups in total. The Morgan fingerprint density at radius 2 is 2.00 bits per heavy atom. The summed E-state index contributed by atoms with van der Waals surface area (Å²) in [5.74, 6) is 0. The van der Waals surface area contributed by atoms with Gasteiger partial charge in [-0.3, -0.25) is 0 Å². The molecule has 1 fully saturated rings. The van der Waals surface area contributed by atoms with Crippen molar-refractivity contribution >= 4 is 22.0 Å². The molecular weight excluding hydrogens is 318 g/mol. The van der Waals surface area contributed by atoms with E-state index in [0.717, 1.165) is 36.8 Å². The van der Waals surface area contributed by atoms with Gasteiger partial charge in [0.1, 0.15) is 0 Å². The first-order valence-corrected chi connectivity index (χ1v) is 7.89. The summed E-state index contributed by atoms with van der Waals surface area (Å²) in [6, 6.07) is 9.07.